The summed E-state index contributed by atoms with van der Waals surface area (Å²) in [6, 6.07) is 0.364. The Morgan fingerprint density at radius 2 is 1.88 bits per heavy atom. The van der Waals surface area contributed by atoms with Crippen molar-refractivity contribution in [3.63, 3.8) is 0 Å². The molecule has 2 unspecified atom stereocenters. The van der Waals surface area contributed by atoms with Gasteiger partial charge in [0, 0.05) is 12.6 Å². The van der Waals surface area contributed by atoms with Gasteiger partial charge >= 0.3 is 5.97 Å². The van der Waals surface area contributed by atoms with Crippen LogP contribution in [-0.2, 0) is 4.79 Å². The molecule has 0 bridgehead atoms. The second-order valence-corrected chi connectivity index (χ2v) is 12.2. The minimum absolute atomic E-state index is 0.152. The van der Waals surface area contributed by atoms with Crippen LogP contribution in [0.25, 0.3) is 0 Å². The molecule has 0 spiro atoms. The lowest BCUT2D eigenvalue weighted by Crippen LogP contribution is -2.57. The molecule has 4 saturated carbocycles. The largest absolute Gasteiger partial charge is 0.481 e. The van der Waals surface area contributed by atoms with E-state index >= 15 is 0 Å². The molecule has 4 fully saturated rings. The van der Waals surface area contributed by atoms with Gasteiger partial charge in [-0.2, -0.15) is 0 Å². The smallest absolute Gasteiger partial charge is 0.303 e. The summed E-state index contributed by atoms with van der Waals surface area (Å²) in [6.45, 7) is 7.35. The highest BCUT2D eigenvalue weighted by atomic mass is 16.4. The van der Waals surface area contributed by atoms with Gasteiger partial charge in [-0.15, -0.1) is 5.10 Å². The van der Waals surface area contributed by atoms with E-state index < -0.39 is 5.97 Å². The summed E-state index contributed by atoms with van der Waals surface area (Å²) in [4.78, 5) is 11.2. The Hall–Kier alpha value is -1.43. The van der Waals surface area contributed by atoms with Gasteiger partial charge in [-0.1, -0.05) is 26.0 Å². The molecule has 0 radical (unpaired) electrons. The van der Waals surface area contributed by atoms with E-state index in [4.69, 9.17) is 0 Å². The Labute approximate surface area is 192 Å². The highest BCUT2D eigenvalue weighted by Crippen LogP contribution is 2.70. The summed E-state index contributed by atoms with van der Waals surface area (Å²) in [6.07, 6.45) is 13.9. The summed E-state index contributed by atoms with van der Waals surface area (Å²) in [5, 5.41) is 28.4. The summed E-state index contributed by atoms with van der Waals surface area (Å²) < 4.78 is 2.14. The summed E-state index contributed by atoms with van der Waals surface area (Å²) >= 11 is 0. The second-order valence-electron chi connectivity index (χ2n) is 12.2. The number of carboxylic acids is 1. The third kappa shape index (κ3) is 3.43. The van der Waals surface area contributed by atoms with Crippen LogP contribution in [0.4, 0.5) is 0 Å². The maximum absolute atomic E-state index is 11.2. The second kappa shape index (κ2) is 8.11. The van der Waals surface area contributed by atoms with E-state index in [-0.39, 0.29) is 17.9 Å². The van der Waals surface area contributed by atoms with Crippen LogP contribution in [0, 0.1) is 46.3 Å². The topological polar surface area (TPSA) is 88.2 Å². The molecule has 2 N–H and O–H groups in total. The van der Waals surface area contributed by atoms with Crippen molar-refractivity contribution in [1.29, 1.82) is 0 Å². The molecule has 1 aromatic rings. The first kappa shape index (κ1) is 22.4. The van der Waals surface area contributed by atoms with Gasteiger partial charge in [-0.25, -0.2) is 4.68 Å². The van der Waals surface area contributed by atoms with Gasteiger partial charge in [0.05, 0.1) is 18.3 Å². The van der Waals surface area contributed by atoms with Crippen LogP contribution in [0.5, 0.6) is 0 Å². The van der Waals surface area contributed by atoms with E-state index in [1.165, 1.54) is 25.7 Å². The molecule has 178 valence electrons. The number of hydrogen-bond acceptors (Lipinski definition) is 4. The third-order valence-electron chi connectivity index (χ3n) is 11.0. The average molecular weight is 444 g/mol. The zero-order chi connectivity index (χ0) is 22.7. The van der Waals surface area contributed by atoms with Crippen molar-refractivity contribution in [2.45, 2.75) is 97.1 Å². The molecular formula is C26H41N3O3. The lowest BCUT2D eigenvalue weighted by Gasteiger charge is -2.63. The van der Waals surface area contributed by atoms with Crippen LogP contribution in [0.2, 0.25) is 0 Å². The molecule has 6 nitrogen and oxygen atoms in total. The van der Waals surface area contributed by atoms with Crippen molar-refractivity contribution in [3.8, 4) is 0 Å². The maximum atomic E-state index is 11.2. The van der Waals surface area contributed by atoms with Crippen molar-refractivity contribution in [2.75, 3.05) is 0 Å². The van der Waals surface area contributed by atoms with Crippen LogP contribution in [0.3, 0.4) is 0 Å². The average Bonchev–Trinajstić information content (AvgIpc) is 3.39. The molecule has 0 saturated heterocycles. The molecule has 0 aromatic carbocycles. The zero-order valence-electron chi connectivity index (χ0n) is 20.0. The molecule has 10 atom stereocenters. The Balaban J connectivity index is 1.47. The molecule has 0 amide bonds. The standard InChI is InChI=1S/C26H41N3O3/c1-16(4-7-23(31)32)19-5-6-20-24-21(9-11-26(19,20)3)25(2)10-8-18(30)14-17(25)15-22(24)29-13-12-27-28-29/h12-13,16-22,24,30H,4-11,14-15H2,1-3H3,(H,31,32)/t16-,17+,18-,19-,20?,21?,22+,24+,25+,26-/m1/s1. The molecule has 4 aliphatic carbocycles. The van der Waals surface area contributed by atoms with E-state index in [1.807, 2.05) is 6.20 Å². The molecule has 0 aliphatic heterocycles. The predicted molar refractivity (Wildman–Crippen MR) is 122 cm³/mol. The summed E-state index contributed by atoms with van der Waals surface area (Å²) in [5.41, 5.74) is 0.602. The van der Waals surface area contributed by atoms with Crippen LogP contribution >= 0.6 is 0 Å². The number of aliphatic hydroxyl groups is 1. The van der Waals surface area contributed by atoms with Crippen molar-refractivity contribution in [2.24, 2.45) is 46.3 Å². The quantitative estimate of drug-likeness (QED) is 0.672. The van der Waals surface area contributed by atoms with Crippen LogP contribution in [0.1, 0.15) is 91.0 Å². The first-order valence-corrected chi connectivity index (χ1v) is 13.0. The fourth-order valence-corrected chi connectivity index (χ4v) is 9.41. The van der Waals surface area contributed by atoms with Crippen molar-refractivity contribution in [3.05, 3.63) is 12.4 Å². The Morgan fingerprint density at radius 3 is 2.59 bits per heavy atom. The molecule has 32 heavy (non-hydrogen) atoms. The molecule has 6 heteroatoms. The minimum atomic E-state index is -0.669. The van der Waals surface area contributed by atoms with E-state index in [0.717, 1.165) is 32.1 Å². The van der Waals surface area contributed by atoms with Crippen LogP contribution < -0.4 is 0 Å². The number of aromatic nitrogens is 3. The van der Waals surface area contributed by atoms with Gasteiger partial charge in [0.25, 0.3) is 0 Å². The summed E-state index contributed by atoms with van der Waals surface area (Å²) in [7, 11) is 0. The lowest BCUT2D eigenvalue weighted by molar-refractivity contribution is -0.151. The van der Waals surface area contributed by atoms with Crippen molar-refractivity contribution >= 4 is 5.97 Å². The summed E-state index contributed by atoms with van der Waals surface area (Å²) in [5.74, 6) is 2.90. The molecular weight excluding hydrogens is 402 g/mol. The normalized spacial score (nSPS) is 46.7. The van der Waals surface area contributed by atoms with E-state index in [9.17, 15) is 15.0 Å². The number of fused-ring (bicyclic) bond motifs is 5. The first-order valence-electron chi connectivity index (χ1n) is 13.0. The van der Waals surface area contributed by atoms with E-state index in [2.05, 4.69) is 42.0 Å². The fourth-order valence-electron chi connectivity index (χ4n) is 9.41. The number of rotatable bonds is 5. The number of carboxylic acid groups (broad SMARTS) is 1. The Morgan fingerprint density at radius 1 is 1.12 bits per heavy atom. The maximum Gasteiger partial charge on any atom is 0.303 e. The van der Waals surface area contributed by atoms with Crippen LogP contribution in [-0.4, -0.2) is 37.3 Å². The van der Waals surface area contributed by atoms with Gasteiger partial charge in [0.2, 0.25) is 0 Å². The Bertz CT molecular complexity index is 828. The minimum Gasteiger partial charge on any atom is -0.481 e. The number of aliphatic carboxylic acids is 1. The fraction of sp³-hybridized carbons (Fsp3) is 0.885. The highest BCUT2D eigenvalue weighted by molar-refractivity contribution is 5.66. The Kier molecular flexibility index (Phi) is 5.67. The highest BCUT2D eigenvalue weighted by Gasteiger charge is 2.63. The van der Waals surface area contributed by atoms with Crippen LogP contribution in [0.15, 0.2) is 12.4 Å². The number of carbonyl (C=O) groups is 1. The van der Waals surface area contributed by atoms with Crippen molar-refractivity contribution < 1.29 is 15.0 Å². The number of nitrogens with zero attached hydrogens (tertiary/aromatic N) is 3. The van der Waals surface area contributed by atoms with Gasteiger partial charge in [-0.3, -0.25) is 4.79 Å². The SMILES string of the molecule is C[C@H](CCC(=O)O)[C@H]1CCC2[C@H]3C(CC[C@@]21C)[C@@]1(C)CC[C@@H](O)C[C@H]1C[C@@H]3n1ccnn1. The van der Waals surface area contributed by atoms with Crippen molar-refractivity contribution in [1.82, 2.24) is 15.0 Å². The molecule has 1 aromatic heterocycles. The monoisotopic (exact) mass is 443 g/mol. The zero-order valence-corrected chi connectivity index (χ0v) is 20.0. The number of aliphatic hydroxyl groups excluding tert-OH is 1. The number of hydrogen-bond donors (Lipinski definition) is 2. The lowest BCUT2D eigenvalue weighted by atomic mass is 9.43. The van der Waals surface area contributed by atoms with Gasteiger partial charge in [-0.05, 0) is 104 Å². The van der Waals surface area contributed by atoms with Gasteiger partial charge in [0.15, 0.2) is 0 Å². The van der Waals surface area contributed by atoms with E-state index in [1.54, 1.807) is 0 Å². The molecule has 4 aliphatic rings. The third-order valence-corrected chi connectivity index (χ3v) is 11.0. The van der Waals surface area contributed by atoms with E-state index in [0.29, 0.717) is 47.0 Å². The first-order chi connectivity index (χ1) is 15.2. The van der Waals surface area contributed by atoms with Gasteiger partial charge in [0.1, 0.15) is 0 Å². The van der Waals surface area contributed by atoms with Gasteiger partial charge < -0.3 is 10.2 Å². The molecule has 1 heterocycles. The predicted octanol–water partition coefficient (Wildman–Crippen LogP) is 4.95. The molecule has 5 rings (SSSR count).